The highest BCUT2D eigenvalue weighted by Gasteiger charge is 2.36. The van der Waals surface area contributed by atoms with Crippen molar-refractivity contribution in [3.05, 3.63) is 65.5 Å². The Hall–Kier alpha value is -3.56. The van der Waals surface area contributed by atoms with Gasteiger partial charge in [-0.15, -0.1) is 5.10 Å². The van der Waals surface area contributed by atoms with Crippen LogP contribution in [0, 0.1) is 0 Å². The molecule has 4 rings (SSSR count). The van der Waals surface area contributed by atoms with Crippen molar-refractivity contribution in [2.75, 3.05) is 14.2 Å². The number of nitrogens with zero attached hydrogens (tertiary/aromatic N) is 4. The van der Waals surface area contributed by atoms with Gasteiger partial charge in [-0.3, -0.25) is 4.79 Å². The molecule has 0 saturated heterocycles. The van der Waals surface area contributed by atoms with Crippen molar-refractivity contribution in [1.29, 1.82) is 0 Å². The van der Waals surface area contributed by atoms with Crippen LogP contribution in [0.2, 0.25) is 0 Å². The molecule has 0 bridgehead atoms. The quantitative estimate of drug-likeness (QED) is 0.547. The molecule has 1 aliphatic carbocycles. The van der Waals surface area contributed by atoms with Crippen LogP contribution >= 0.6 is 0 Å². The summed E-state index contributed by atoms with van der Waals surface area (Å²) in [6.07, 6.45) is -1.66. The van der Waals surface area contributed by atoms with E-state index in [4.69, 9.17) is 9.47 Å². The van der Waals surface area contributed by atoms with Gasteiger partial charge in [0.15, 0.2) is 5.69 Å². The second-order valence-electron chi connectivity index (χ2n) is 7.41. The first kappa shape index (κ1) is 21.7. The second kappa shape index (κ2) is 8.52. The third-order valence-corrected chi connectivity index (χ3v) is 5.25. The van der Waals surface area contributed by atoms with Crippen LogP contribution in [0.15, 0.2) is 48.7 Å². The number of ether oxygens (including phenoxy) is 2. The number of hydrogen-bond acceptors (Lipinski definition) is 5. The summed E-state index contributed by atoms with van der Waals surface area (Å²) >= 11 is 0. The first-order valence-corrected chi connectivity index (χ1v) is 9.92. The summed E-state index contributed by atoms with van der Waals surface area (Å²) < 4.78 is 51.7. The fourth-order valence-electron chi connectivity index (χ4n) is 3.48. The highest BCUT2D eigenvalue weighted by molar-refractivity contribution is 5.92. The number of para-hydroxylation sites is 1. The topological polar surface area (TPSA) is 69.5 Å². The lowest BCUT2D eigenvalue weighted by molar-refractivity contribution is -0.137. The minimum Gasteiger partial charge on any atom is -0.497 e. The van der Waals surface area contributed by atoms with E-state index in [-0.39, 0.29) is 24.0 Å². The van der Waals surface area contributed by atoms with Crippen LogP contribution in [0.25, 0.3) is 5.69 Å². The van der Waals surface area contributed by atoms with Crippen LogP contribution in [0.4, 0.5) is 13.2 Å². The van der Waals surface area contributed by atoms with Crippen molar-refractivity contribution in [2.45, 2.75) is 31.6 Å². The molecule has 3 aromatic rings. The molecule has 1 fully saturated rings. The smallest absolute Gasteiger partial charge is 0.418 e. The van der Waals surface area contributed by atoms with Gasteiger partial charge >= 0.3 is 6.18 Å². The van der Waals surface area contributed by atoms with Gasteiger partial charge in [-0.2, -0.15) is 13.2 Å². The molecule has 1 heterocycles. The summed E-state index contributed by atoms with van der Waals surface area (Å²) in [5.74, 6) is 0.818. The Kier molecular flexibility index (Phi) is 5.77. The lowest BCUT2D eigenvalue weighted by atomic mass is 10.1. The van der Waals surface area contributed by atoms with Crippen molar-refractivity contribution >= 4 is 5.91 Å². The maximum Gasteiger partial charge on any atom is 0.418 e. The summed E-state index contributed by atoms with van der Waals surface area (Å²) in [4.78, 5) is 14.9. The number of benzene rings is 2. The molecule has 7 nitrogen and oxygen atoms in total. The van der Waals surface area contributed by atoms with E-state index in [1.165, 1.54) is 31.5 Å². The summed E-state index contributed by atoms with van der Waals surface area (Å²) in [5.41, 5.74) is -0.333. The average molecular weight is 446 g/mol. The van der Waals surface area contributed by atoms with Crippen LogP contribution in [0.5, 0.6) is 11.5 Å². The molecule has 1 aromatic heterocycles. The third-order valence-electron chi connectivity index (χ3n) is 5.25. The number of methoxy groups -OCH3 is 2. The van der Waals surface area contributed by atoms with E-state index in [0.717, 1.165) is 29.2 Å². The highest BCUT2D eigenvalue weighted by atomic mass is 19.4. The van der Waals surface area contributed by atoms with Crippen molar-refractivity contribution in [3.8, 4) is 17.2 Å². The fourth-order valence-corrected chi connectivity index (χ4v) is 3.48. The zero-order chi connectivity index (χ0) is 22.9. The third kappa shape index (κ3) is 4.39. The first-order chi connectivity index (χ1) is 15.3. The largest absolute Gasteiger partial charge is 0.497 e. The Morgan fingerprint density at radius 1 is 1.16 bits per heavy atom. The van der Waals surface area contributed by atoms with Gasteiger partial charge in [0.05, 0.1) is 38.2 Å². The Morgan fingerprint density at radius 3 is 2.56 bits per heavy atom. The van der Waals surface area contributed by atoms with Gasteiger partial charge in [0.25, 0.3) is 5.91 Å². The highest BCUT2D eigenvalue weighted by Crippen LogP contribution is 2.35. The van der Waals surface area contributed by atoms with Gasteiger partial charge in [0, 0.05) is 11.6 Å². The zero-order valence-electron chi connectivity index (χ0n) is 17.5. The van der Waals surface area contributed by atoms with Crippen LogP contribution in [-0.4, -0.2) is 46.1 Å². The molecule has 10 heteroatoms. The van der Waals surface area contributed by atoms with Gasteiger partial charge in [-0.05, 0) is 43.2 Å². The molecular weight excluding hydrogens is 425 g/mol. The molecule has 0 spiro atoms. The first-order valence-electron chi connectivity index (χ1n) is 9.92. The Morgan fingerprint density at radius 2 is 1.91 bits per heavy atom. The maximum absolute atomic E-state index is 13.4. The summed E-state index contributed by atoms with van der Waals surface area (Å²) in [6, 6.07) is 10.3. The number of amides is 1. The monoisotopic (exact) mass is 446 g/mol. The Balaban J connectivity index is 1.63. The number of hydrogen-bond donors (Lipinski definition) is 0. The fraction of sp³-hybridized carbons (Fsp3) is 0.318. The molecule has 32 heavy (non-hydrogen) atoms. The van der Waals surface area contributed by atoms with Gasteiger partial charge in [-0.25, -0.2) is 4.68 Å². The van der Waals surface area contributed by atoms with E-state index in [9.17, 15) is 18.0 Å². The number of halogens is 3. The standard InChI is InChI=1S/C22H21F3N4O3/c1-31-16-9-10-20(32-2)14(11-16)12-28(15-7-8-15)21(30)18-13-29(27-26-18)19-6-4-3-5-17(19)22(23,24)25/h3-6,9-11,13,15H,7-8,12H2,1-2H3. The van der Waals surface area contributed by atoms with E-state index in [2.05, 4.69) is 10.3 Å². The molecule has 0 aliphatic heterocycles. The van der Waals surface area contributed by atoms with Crippen LogP contribution in [0.1, 0.15) is 34.5 Å². The number of alkyl halides is 3. The van der Waals surface area contributed by atoms with Gasteiger partial charge in [0.1, 0.15) is 11.5 Å². The van der Waals surface area contributed by atoms with Crippen molar-refractivity contribution in [1.82, 2.24) is 19.9 Å². The lowest BCUT2D eigenvalue weighted by Gasteiger charge is -2.23. The van der Waals surface area contributed by atoms with Gasteiger partial charge in [0.2, 0.25) is 0 Å². The minimum atomic E-state index is -4.56. The molecule has 0 N–H and O–H groups in total. The molecule has 168 valence electrons. The van der Waals surface area contributed by atoms with Crippen molar-refractivity contribution < 1.29 is 27.4 Å². The second-order valence-corrected chi connectivity index (χ2v) is 7.41. The normalized spacial score (nSPS) is 13.7. The van der Waals surface area contributed by atoms with Crippen LogP contribution < -0.4 is 9.47 Å². The molecule has 0 atom stereocenters. The predicted octanol–water partition coefficient (Wildman–Crippen LogP) is 4.11. The van der Waals surface area contributed by atoms with Crippen molar-refractivity contribution in [2.24, 2.45) is 0 Å². The lowest BCUT2D eigenvalue weighted by Crippen LogP contribution is -2.33. The molecule has 1 saturated carbocycles. The van der Waals surface area contributed by atoms with E-state index in [1.54, 1.807) is 30.2 Å². The molecule has 1 aliphatic rings. The van der Waals surface area contributed by atoms with E-state index in [0.29, 0.717) is 11.5 Å². The number of carbonyl (C=O) groups excluding carboxylic acids is 1. The molecule has 0 radical (unpaired) electrons. The number of aromatic nitrogens is 3. The average Bonchev–Trinajstić information content (AvgIpc) is 3.51. The summed E-state index contributed by atoms with van der Waals surface area (Å²) in [6.45, 7) is 0.246. The van der Waals surface area contributed by atoms with E-state index < -0.39 is 17.6 Å². The zero-order valence-corrected chi connectivity index (χ0v) is 17.5. The minimum absolute atomic E-state index is 0.0195. The molecule has 1 amide bonds. The molecule has 2 aromatic carbocycles. The summed E-state index contributed by atoms with van der Waals surface area (Å²) in [5, 5.41) is 7.65. The van der Waals surface area contributed by atoms with Gasteiger partial charge < -0.3 is 14.4 Å². The van der Waals surface area contributed by atoms with E-state index >= 15 is 0 Å². The predicted molar refractivity (Wildman–Crippen MR) is 109 cm³/mol. The summed E-state index contributed by atoms with van der Waals surface area (Å²) in [7, 11) is 3.09. The molecule has 0 unspecified atom stereocenters. The van der Waals surface area contributed by atoms with Crippen molar-refractivity contribution in [3.63, 3.8) is 0 Å². The van der Waals surface area contributed by atoms with Crippen LogP contribution in [0.3, 0.4) is 0 Å². The number of rotatable bonds is 7. The van der Waals surface area contributed by atoms with Gasteiger partial charge in [-0.1, -0.05) is 17.3 Å². The maximum atomic E-state index is 13.4. The Labute approximate surface area is 182 Å². The SMILES string of the molecule is COc1ccc(OC)c(CN(C(=O)c2cn(-c3ccccc3C(F)(F)F)nn2)C2CC2)c1. The van der Waals surface area contributed by atoms with Crippen LogP contribution in [-0.2, 0) is 12.7 Å². The number of carbonyl (C=O) groups is 1. The molecular formula is C22H21F3N4O3. The van der Waals surface area contributed by atoms with E-state index in [1.807, 2.05) is 0 Å². The Bertz CT molecular complexity index is 1130.